The van der Waals surface area contributed by atoms with Crippen molar-refractivity contribution < 1.29 is 4.79 Å². The van der Waals surface area contributed by atoms with Crippen molar-refractivity contribution in [3.8, 4) is 0 Å². The number of carbonyl (C=O) groups excluding carboxylic acids is 1. The summed E-state index contributed by atoms with van der Waals surface area (Å²) in [5.74, 6) is 0.861. The second-order valence-corrected chi connectivity index (χ2v) is 6.00. The van der Waals surface area contributed by atoms with Crippen LogP contribution in [0.2, 0.25) is 0 Å². The molecule has 0 unspecified atom stereocenters. The summed E-state index contributed by atoms with van der Waals surface area (Å²) in [6.07, 6.45) is 0. The minimum absolute atomic E-state index is 0.261. The lowest BCUT2D eigenvalue weighted by molar-refractivity contribution is 0.102. The minimum atomic E-state index is -0.261. The summed E-state index contributed by atoms with van der Waals surface area (Å²) in [5, 5.41) is 6.08. The lowest BCUT2D eigenvalue weighted by Gasteiger charge is -2.10. The second-order valence-electron chi connectivity index (χ2n) is 6.00. The SMILES string of the molecule is Cc1ccc(Nc2cc(C(=O)Nc3cccc(C)c3)nc(C)n2)cc1. The summed E-state index contributed by atoms with van der Waals surface area (Å²) in [5.41, 5.74) is 4.24. The molecule has 5 heteroatoms. The van der Waals surface area contributed by atoms with Crippen LogP contribution in [0.25, 0.3) is 0 Å². The van der Waals surface area contributed by atoms with Crippen LogP contribution in [0.4, 0.5) is 17.2 Å². The largest absolute Gasteiger partial charge is 0.340 e. The Kier molecular flexibility index (Phi) is 4.75. The van der Waals surface area contributed by atoms with Crippen LogP contribution in [-0.2, 0) is 0 Å². The van der Waals surface area contributed by atoms with Crippen molar-refractivity contribution >= 4 is 23.1 Å². The van der Waals surface area contributed by atoms with Crippen LogP contribution in [0, 0.1) is 20.8 Å². The molecular formula is C20H20N4O. The average molecular weight is 332 g/mol. The highest BCUT2D eigenvalue weighted by Gasteiger charge is 2.11. The van der Waals surface area contributed by atoms with Gasteiger partial charge in [0.2, 0.25) is 0 Å². The number of aryl methyl sites for hydroxylation is 3. The van der Waals surface area contributed by atoms with Crippen LogP contribution < -0.4 is 10.6 Å². The molecule has 0 aliphatic carbocycles. The molecule has 0 saturated heterocycles. The summed E-state index contributed by atoms with van der Waals surface area (Å²) in [7, 11) is 0. The molecule has 126 valence electrons. The monoisotopic (exact) mass is 332 g/mol. The predicted molar refractivity (Wildman–Crippen MR) is 100 cm³/mol. The molecule has 0 fully saturated rings. The van der Waals surface area contributed by atoms with E-state index in [9.17, 15) is 4.79 Å². The molecule has 3 rings (SSSR count). The molecular weight excluding hydrogens is 312 g/mol. The molecule has 1 aromatic heterocycles. The molecule has 1 heterocycles. The fourth-order valence-electron chi connectivity index (χ4n) is 2.45. The normalized spacial score (nSPS) is 10.4. The van der Waals surface area contributed by atoms with Gasteiger partial charge in [0, 0.05) is 17.4 Å². The Bertz CT molecular complexity index is 904. The molecule has 2 aromatic carbocycles. The van der Waals surface area contributed by atoms with E-state index in [0.717, 1.165) is 16.9 Å². The van der Waals surface area contributed by atoms with Crippen molar-refractivity contribution in [3.63, 3.8) is 0 Å². The Morgan fingerprint density at radius 3 is 2.32 bits per heavy atom. The quantitative estimate of drug-likeness (QED) is 0.743. The van der Waals surface area contributed by atoms with Crippen molar-refractivity contribution in [1.29, 1.82) is 0 Å². The third-order valence-corrected chi connectivity index (χ3v) is 3.67. The van der Waals surface area contributed by atoms with Crippen molar-refractivity contribution in [1.82, 2.24) is 9.97 Å². The van der Waals surface area contributed by atoms with Crippen LogP contribution in [0.1, 0.15) is 27.4 Å². The van der Waals surface area contributed by atoms with Gasteiger partial charge in [-0.1, -0.05) is 29.8 Å². The third kappa shape index (κ3) is 4.41. The van der Waals surface area contributed by atoms with Gasteiger partial charge in [-0.2, -0.15) is 0 Å². The van der Waals surface area contributed by atoms with Crippen LogP contribution in [0.3, 0.4) is 0 Å². The summed E-state index contributed by atoms with van der Waals surface area (Å²) in [4.78, 5) is 21.1. The molecule has 0 radical (unpaired) electrons. The number of hydrogen-bond donors (Lipinski definition) is 2. The second kappa shape index (κ2) is 7.13. The zero-order valence-electron chi connectivity index (χ0n) is 14.5. The van der Waals surface area contributed by atoms with Gasteiger partial charge in [0.25, 0.3) is 5.91 Å². The molecule has 2 N–H and O–H groups in total. The summed E-state index contributed by atoms with van der Waals surface area (Å²) < 4.78 is 0. The summed E-state index contributed by atoms with van der Waals surface area (Å²) in [6, 6.07) is 17.3. The molecule has 0 saturated carbocycles. The number of hydrogen-bond acceptors (Lipinski definition) is 4. The molecule has 5 nitrogen and oxygen atoms in total. The lowest BCUT2D eigenvalue weighted by atomic mass is 10.2. The molecule has 0 spiro atoms. The first-order valence-corrected chi connectivity index (χ1v) is 8.07. The van der Waals surface area contributed by atoms with Gasteiger partial charge in [0.15, 0.2) is 0 Å². The smallest absolute Gasteiger partial charge is 0.274 e. The van der Waals surface area contributed by atoms with Crippen LogP contribution in [0.5, 0.6) is 0 Å². The van der Waals surface area contributed by atoms with E-state index in [1.807, 2.05) is 62.4 Å². The van der Waals surface area contributed by atoms with E-state index in [0.29, 0.717) is 17.3 Å². The van der Waals surface area contributed by atoms with Crippen molar-refractivity contribution in [2.75, 3.05) is 10.6 Å². The highest BCUT2D eigenvalue weighted by atomic mass is 16.1. The van der Waals surface area contributed by atoms with Gasteiger partial charge >= 0.3 is 0 Å². The maximum absolute atomic E-state index is 12.5. The van der Waals surface area contributed by atoms with E-state index >= 15 is 0 Å². The number of aromatic nitrogens is 2. The van der Waals surface area contributed by atoms with E-state index in [-0.39, 0.29) is 5.91 Å². The van der Waals surface area contributed by atoms with Gasteiger partial charge in [-0.05, 0) is 50.6 Å². The van der Waals surface area contributed by atoms with E-state index in [1.54, 1.807) is 13.0 Å². The zero-order chi connectivity index (χ0) is 17.8. The average Bonchev–Trinajstić information content (AvgIpc) is 2.56. The highest BCUT2D eigenvalue weighted by molar-refractivity contribution is 6.03. The van der Waals surface area contributed by atoms with Gasteiger partial charge in [-0.25, -0.2) is 9.97 Å². The van der Waals surface area contributed by atoms with Crippen molar-refractivity contribution in [2.24, 2.45) is 0 Å². The highest BCUT2D eigenvalue weighted by Crippen LogP contribution is 2.17. The van der Waals surface area contributed by atoms with E-state index < -0.39 is 0 Å². The molecule has 3 aromatic rings. The van der Waals surface area contributed by atoms with Crippen molar-refractivity contribution in [3.05, 3.63) is 77.2 Å². The minimum Gasteiger partial charge on any atom is -0.340 e. The molecule has 0 aliphatic rings. The lowest BCUT2D eigenvalue weighted by Crippen LogP contribution is -2.15. The zero-order valence-corrected chi connectivity index (χ0v) is 14.5. The number of benzene rings is 2. The van der Waals surface area contributed by atoms with E-state index in [1.165, 1.54) is 5.56 Å². The van der Waals surface area contributed by atoms with Gasteiger partial charge in [0.05, 0.1) is 0 Å². The van der Waals surface area contributed by atoms with Gasteiger partial charge in [0.1, 0.15) is 17.3 Å². The molecule has 25 heavy (non-hydrogen) atoms. The Morgan fingerprint density at radius 2 is 1.60 bits per heavy atom. The Labute approximate surface area is 147 Å². The van der Waals surface area contributed by atoms with Crippen molar-refractivity contribution in [2.45, 2.75) is 20.8 Å². The van der Waals surface area contributed by atoms with E-state index in [2.05, 4.69) is 20.6 Å². The maximum Gasteiger partial charge on any atom is 0.274 e. The van der Waals surface area contributed by atoms with Crippen LogP contribution in [-0.4, -0.2) is 15.9 Å². The first kappa shape index (κ1) is 16.6. The summed E-state index contributed by atoms with van der Waals surface area (Å²) in [6.45, 7) is 5.78. The van der Waals surface area contributed by atoms with Gasteiger partial charge in [-0.3, -0.25) is 4.79 Å². The molecule has 0 atom stereocenters. The number of nitrogens with zero attached hydrogens (tertiary/aromatic N) is 2. The molecule has 0 bridgehead atoms. The third-order valence-electron chi connectivity index (χ3n) is 3.67. The fraction of sp³-hybridized carbons (Fsp3) is 0.150. The van der Waals surface area contributed by atoms with Gasteiger partial charge in [-0.15, -0.1) is 0 Å². The molecule has 1 amide bonds. The van der Waals surface area contributed by atoms with E-state index in [4.69, 9.17) is 0 Å². The first-order chi connectivity index (χ1) is 12.0. The Morgan fingerprint density at radius 1 is 0.840 bits per heavy atom. The maximum atomic E-state index is 12.5. The number of amides is 1. The standard InChI is InChI=1S/C20H20N4O/c1-13-7-9-16(10-8-13)23-19-12-18(21-15(3)22-19)20(25)24-17-6-4-5-14(2)11-17/h4-12H,1-3H3,(H,24,25)(H,21,22,23). The first-order valence-electron chi connectivity index (χ1n) is 8.07. The number of anilines is 3. The predicted octanol–water partition coefficient (Wildman–Crippen LogP) is 4.40. The Hall–Kier alpha value is -3.21. The number of carbonyl (C=O) groups is 1. The number of nitrogens with one attached hydrogen (secondary N) is 2. The fourth-order valence-corrected chi connectivity index (χ4v) is 2.45. The van der Waals surface area contributed by atoms with Crippen LogP contribution in [0.15, 0.2) is 54.6 Å². The topological polar surface area (TPSA) is 66.9 Å². The molecule has 0 aliphatic heterocycles. The van der Waals surface area contributed by atoms with Gasteiger partial charge < -0.3 is 10.6 Å². The summed E-state index contributed by atoms with van der Waals surface area (Å²) >= 11 is 0. The Balaban J connectivity index is 1.80. The van der Waals surface area contributed by atoms with Crippen LogP contribution >= 0.6 is 0 Å². The number of rotatable bonds is 4.